The van der Waals surface area contributed by atoms with Gasteiger partial charge in [0.25, 0.3) is 0 Å². The highest BCUT2D eigenvalue weighted by molar-refractivity contribution is 5.75. The van der Waals surface area contributed by atoms with E-state index in [1.54, 1.807) is 0 Å². The molecule has 1 saturated carbocycles. The second-order valence-corrected chi connectivity index (χ2v) is 7.20. The topological polar surface area (TPSA) is 32.3 Å². The molecule has 140 valence electrons. The van der Waals surface area contributed by atoms with Crippen molar-refractivity contribution in [2.45, 2.75) is 57.9 Å². The predicted octanol–water partition coefficient (Wildman–Crippen LogP) is 4.34. The molecule has 2 fully saturated rings. The number of alkyl halides is 6. The largest absolute Gasteiger partial charge is 0.404 e. The Morgan fingerprint density at radius 3 is 2.12 bits per heavy atom. The molecule has 9 heteroatoms. The quantitative estimate of drug-likeness (QED) is 0.694. The van der Waals surface area contributed by atoms with Gasteiger partial charge in [-0.05, 0) is 37.5 Å². The molecule has 1 aliphatic carbocycles. The minimum Gasteiger partial charge on any atom is -0.335 e. The predicted molar refractivity (Wildman–Crippen MR) is 75.2 cm³/mol. The molecule has 1 saturated heterocycles. The number of urea groups is 1. The maximum atomic E-state index is 13.0. The number of hydrogen-bond donors (Lipinski definition) is 1. The van der Waals surface area contributed by atoms with Crippen molar-refractivity contribution in [3.05, 3.63) is 0 Å². The van der Waals surface area contributed by atoms with Crippen LogP contribution >= 0.6 is 0 Å². The third-order valence-corrected chi connectivity index (χ3v) is 5.38. The van der Waals surface area contributed by atoms with E-state index >= 15 is 0 Å². The fourth-order valence-electron chi connectivity index (χ4n) is 3.74. The van der Waals surface area contributed by atoms with Crippen LogP contribution in [0.2, 0.25) is 0 Å². The average molecular weight is 360 g/mol. The van der Waals surface area contributed by atoms with Crippen LogP contribution in [0, 0.1) is 17.3 Å². The maximum absolute atomic E-state index is 13.0. The van der Waals surface area contributed by atoms with Gasteiger partial charge in [0, 0.05) is 19.1 Å². The zero-order chi connectivity index (χ0) is 18.3. The molecular formula is C15H22F6N2O. The summed E-state index contributed by atoms with van der Waals surface area (Å²) in [5.74, 6) is 0.651. The first-order chi connectivity index (χ1) is 10.9. The van der Waals surface area contributed by atoms with Crippen LogP contribution < -0.4 is 5.32 Å². The summed E-state index contributed by atoms with van der Waals surface area (Å²) in [4.78, 5) is 12.8. The minimum absolute atomic E-state index is 0.148. The van der Waals surface area contributed by atoms with Crippen LogP contribution in [0.3, 0.4) is 0 Å². The Labute approximate surface area is 136 Å². The molecular weight excluding hydrogens is 338 g/mol. The monoisotopic (exact) mass is 360 g/mol. The van der Waals surface area contributed by atoms with Crippen LogP contribution in [0.4, 0.5) is 31.1 Å². The number of carbonyl (C=O) groups excluding carboxylic acids is 1. The molecule has 1 N–H and O–H groups in total. The number of nitrogens with zero attached hydrogens (tertiary/aromatic N) is 1. The molecule has 2 aliphatic rings. The van der Waals surface area contributed by atoms with Gasteiger partial charge < -0.3 is 10.2 Å². The Hall–Kier alpha value is -1.15. The van der Waals surface area contributed by atoms with E-state index in [0.717, 1.165) is 12.8 Å². The normalized spacial score (nSPS) is 31.2. The summed E-state index contributed by atoms with van der Waals surface area (Å²) in [5.41, 5.74) is -3.83. The van der Waals surface area contributed by atoms with Gasteiger partial charge in [0.1, 0.15) is 0 Å². The highest BCUT2D eigenvalue weighted by Gasteiger charge is 2.73. The zero-order valence-corrected chi connectivity index (χ0v) is 13.6. The lowest BCUT2D eigenvalue weighted by Gasteiger charge is -2.35. The molecule has 0 spiro atoms. The third-order valence-electron chi connectivity index (χ3n) is 5.38. The molecule has 0 aromatic rings. The van der Waals surface area contributed by atoms with E-state index in [-0.39, 0.29) is 12.0 Å². The maximum Gasteiger partial charge on any atom is 0.404 e. The number of rotatable bonds is 1. The zero-order valence-electron chi connectivity index (χ0n) is 13.6. The van der Waals surface area contributed by atoms with E-state index < -0.39 is 43.3 Å². The molecule has 0 unspecified atom stereocenters. The van der Waals surface area contributed by atoms with Crippen molar-refractivity contribution >= 4 is 6.03 Å². The van der Waals surface area contributed by atoms with E-state index in [2.05, 4.69) is 12.2 Å². The first-order valence-electron chi connectivity index (χ1n) is 8.06. The molecule has 2 amide bonds. The molecule has 0 aromatic carbocycles. The number of likely N-dealkylation sites (tertiary alicyclic amines) is 1. The number of amides is 2. The van der Waals surface area contributed by atoms with Crippen molar-refractivity contribution in [3.8, 4) is 0 Å². The molecule has 3 atom stereocenters. The van der Waals surface area contributed by atoms with Gasteiger partial charge in [-0.1, -0.05) is 13.8 Å². The number of carbonyl (C=O) groups is 1. The van der Waals surface area contributed by atoms with E-state index in [1.807, 2.05) is 6.92 Å². The van der Waals surface area contributed by atoms with Crippen molar-refractivity contribution in [1.82, 2.24) is 10.2 Å². The van der Waals surface area contributed by atoms with Crippen molar-refractivity contribution < 1.29 is 31.1 Å². The van der Waals surface area contributed by atoms with Crippen molar-refractivity contribution in [2.24, 2.45) is 17.3 Å². The second-order valence-electron chi connectivity index (χ2n) is 7.20. The standard InChI is InChI=1S/C15H22F6N2O/c1-9-3-4-11(10(2)7-9)22-12(24)23-6-5-13(8-23,14(16,17)18)15(19,20)21/h9-11H,3-8H2,1-2H3,(H,22,24)/t9-,10+,11-/m1/s1. The van der Waals surface area contributed by atoms with Crippen LogP contribution in [0.25, 0.3) is 0 Å². The van der Waals surface area contributed by atoms with Gasteiger partial charge in [-0.15, -0.1) is 0 Å². The van der Waals surface area contributed by atoms with Gasteiger partial charge in [0.05, 0.1) is 0 Å². The Morgan fingerprint density at radius 2 is 1.67 bits per heavy atom. The first kappa shape index (κ1) is 19.2. The van der Waals surface area contributed by atoms with Gasteiger partial charge >= 0.3 is 18.4 Å². The Balaban J connectivity index is 2.05. The van der Waals surface area contributed by atoms with Crippen molar-refractivity contribution in [3.63, 3.8) is 0 Å². The molecule has 0 bridgehead atoms. The van der Waals surface area contributed by atoms with E-state index in [1.165, 1.54) is 0 Å². The summed E-state index contributed by atoms with van der Waals surface area (Å²) in [7, 11) is 0. The van der Waals surface area contributed by atoms with Crippen LogP contribution in [-0.2, 0) is 0 Å². The molecule has 1 aliphatic heterocycles. The molecule has 1 heterocycles. The lowest BCUT2D eigenvalue weighted by Crippen LogP contribution is -2.54. The van der Waals surface area contributed by atoms with Crippen LogP contribution in [0.15, 0.2) is 0 Å². The van der Waals surface area contributed by atoms with Gasteiger partial charge in [-0.2, -0.15) is 26.3 Å². The lowest BCUT2D eigenvalue weighted by molar-refractivity contribution is -0.334. The molecule has 24 heavy (non-hydrogen) atoms. The average Bonchev–Trinajstić information content (AvgIpc) is 2.87. The molecule has 3 nitrogen and oxygen atoms in total. The summed E-state index contributed by atoms with van der Waals surface area (Å²) in [6.07, 6.45) is -9.58. The smallest absolute Gasteiger partial charge is 0.335 e. The SMILES string of the molecule is C[C@@H]1CC[C@@H](NC(=O)N2CCC(C(F)(F)F)(C(F)(F)F)C2)[C@@H](C)C1. The number of nitrogens with one attached hydrogen (secondary N) is 1. The Kier molecular flexibility index (Phi) is 5.03. The molecule has 0 aromatic heterocycles. The van der Waals surface area contributed by atoms with Gasteiger partial charge in [-0.25, -0.2) is 4.79 Å². The molecule has 2 rings (SSSR count). The first-order valence-corrected chi connectivity index (χ1v) is 8.06. The summed E-state index contributed by atoms with van der Waals surface area (Å²) in [5, 5.41) is 2.62. The van der Waals surface area contributed by atoms with Crippen LogP contribution in [0.1, 0.15) is 39.5 Å². The Bertz CT molecular complexity index is 462. The van der Waals surface area contributed by atoms with Gasteiger partial charge in [0.2, 0.25) is 0 Å². The summed E-state index contributed by atoms with van der Waals surface area (Å²) in [6, 6.07) is -1.04. The fraction of sp³-hybridized carbons (Fsp3) is 0.933. The number of hydrogen-bond acceptors (Lipinski definition) is 1. The van der Waals surface area contributed by atoms with Crippen LogP contribution in [0.5, 0.6) is 0 Å². The van der Waals surface area contributed by atoms with Gasteiger partial charge in [-0.3, -0.25) is 0 Å². The Morgan fingerprint density at radius 1 is 1.08 bits per heavy atom. The summed E-state index contributed by atoms with van der Waals surface area (Å²) >= 11 is 0. The number of halogens is 6. The third kappa shape index (κ3) is 3.44. The van der Waals surface area contributed by atoms with E-state index in [9.17, 15) is 31.1 Å². The van der Waals surface area contributed by atoms with Gasteiger partial charge in [0.15, 0.2) is 5.41 Å². The van der Waals surface area contributed by atoms with Crippen molar-refractivity contribution in [1.29, 1.82) is 0 Å². The summed E-state index contributed by atoms with van der Waals surface area (Å²) < 4.78 is 78.2. The highest BCUT2D eigenvalue weighted by Crippen LogP contribution is 2.55. The highest BCUT2D eigenvalue weighted by atomic mass is 19.4. The second kappa shape index (κ2) is 6.29. The van der Waals surface area contributed by atoms with E-state index in [0.29, 0.717) is 17.2 Å². The summed E-state index contributed by atoms with van der Waals surface area (Å²) in [6.45, 7) is 2.09. The molecule has 0 radical (unpaired) electrons. The van der Waals surface area contributed by atoms with Crippen LogP contribution in [-0.4, -0.2) is 42.4 Å². The fourth-order valence-corrected chi connectivity index (χ4v) is 3.74. The minimum atomic E-state index is -5.44. The van der Waals surface area contributed by atoms with E-state index in [4.69, 9.17) is 0 Å². The lowest BCUT2D eigenvalue weighted by atomic mass is 9.80. The van der Waals surface area contributed by atoms with Crippen molar-refractivity contribution in [2.75, 3.05) is 13.1 Å².